The summed E-state index contributed by atoms with van der Waals surface area (Å²) in [6.07, 6.45) is 9.08. The van der Waals surface area contributed by atoms with Crippen molar-refractivity contribution in [1.29, 1.82) is 0 Å². The minimum Gasteiger partial charge on any atom is -0.265 e. The average Bonchev–Trinajstić information content (AvgIpc) is 3.48. The van der Waals surface area contributed by atoms with Crippen LogP contribution in [-0.2, 0) is 17.3 Å². The molecular weight excluding hydrogens is 696 g/mol. The topological polar surface area (TPSA) is 32.3 Å². The Bertz CT molecular complexity index is 1450. The Morgan fingerprint density at radius 1 is 0.609 bits per heavy atom. The van der Waals surface area contributed by atoms with Crippen LogP contribution in [0.2, 0.25) is 0 Å². The van der Waals surface area contributed by atoms with Crippen LogP contribution in [0.25, 0.3) is 6.08 Å². The summed E-state index contributed by atoms with van der Waals surface area (Å²) in [5.74, 6) is 0. The van der Waals surface area contributed by atoms with E-state index in [1.165, 1.54) is 44.8 Å². The molecule has 0 aliphatic carbocycles. The van der Waals surface area contributed by atoms with Crippen LogP contribution in [-0.4, -0.2) is 29.2 Å². The molecule has 0 bridgehead atoms. The van der Waals surface area contributed by atoms with Crippen LogP contribution in [0.4, 0.5) is 11.4 Å². The molecule has 5 aromatic rings. The van der Waals surface area contributed by atoms with Gasteiger partial charge in [0.05, 0.1) is 5.03 Å². The summed E-state index contributed by atoms with van der Waals surface area (Å²) in [6.45, 7) is 15.1. The van der Waals surface area contributed by atoms with Crippen molar-refractivity contribution in [3.63, 3.8) is 0 Å². The van der Waals surface area contributed by atoms with Crippen LogP contribution in [0, 0.1) is 41.5 Å². The summed E-state index contributed by atoms with van der Waals surface area (Å²) in [5.41, 5.74) is 11.5. The van der Waals surface area contributed by atoms with Gasteiger partial charge >= 0.3 is 27.0 Å². The van der Waals surface area contributed by atoms with E-state index in [1.807, 2.05) is 59.8 Å². The molecule has 3 aromatic carbocycles. The first-order valence-corrected chi connectivity index (χ1v) is 17.8. The number of benzene rings is 3. The van der Waals surface area contributed by atoms with Crippen molar-refractivity contribution in [3.8, 4) is 0 Å². The van der Waals surface area contributed by atoms with E-state index < -0.39 is 0 Å². The first-order valence-electron chi connectivity index (χ1n) is 15.2. The van der Waals surface area contributed by atoms with Gasteiger partial charge in [0.1, 0.15) is 6.17 Å². The van der Waals surface area contributed by atoms with Gasteiger partial charge in [-0.05, 0) is 99.7 Å². The van der Waals surface area contributed by atoms with Crippen LogP contribution in [0.1, 0.15) is 38.9 Å². The van der Waals surface area contributed by atoms with Crippen molar-refractivity contribution in [2.75, 3.05) is 22.9 Å². The van der Waals surface area contributed by atoms with E-state index in [0.717, 1.165) is 23.7 Å². The molecule has 4 nitrogen and oxygen atoms in total. The third kappa shape index (κ3) is 10.5. The van der Waals surface area contributed by atoms with Crippen molar-refractivity contribution in [1.82, 2.24) is 9.97 Å². The predicted molar refractivity (Wildman–Crippen MR) is 194 cm³/mol. The molecule has 1 aliphatic rings. The summed E-state index contributed by atoms with van der Waals surface area (Å²) >= 11 is 8.98. The molecule has 6 rings (SSSR count). The zero-order valence-corrected chi connectivity index (χ0v) is 30.7. The van der Waals surface area contributed by atoms with Gasteiger partial charge in [0.25, 0.3) is 0 Å². The Hall–Kier alpha value is -3.50. The molecule has 0 atom stereocenters. The van der Waals surface area contributed by atoms with Gasteiger partial charge in [0.2, 0.25) is 0 Å². The molecule has 0 N–H and O–H groups in total. The number of anilines is 2. The average molecular weight is 740 g/mol. The number of hydrogen-bond donors (Lipinski definition) is 0. The quantitative estimate of drug-likeness (QED) is 0.172. The van der Waals surface area contributed by atoms with Gasteiger partial charge in [0.15, 0.2) is 0 Å². The van der Waals surface area contributed by atoms with Gasteiger partial charge in [0, 0.05) is 49.3 Å². The monoisotopic (exact) mass is 739 g/mol. The second kappa shape index (κ2) is 19.2. The number of halogens is 2. The van der Waals surface area contributed by atoms with Crippen LogP contribution >= 0.6 is 21.3 Å². The number of aromatic nitrogens is 2. The fraction of sp³-hybridized carbons (Fsp3) is 0.231. The molecule has 241 valence electrons. The van der Waals surface area contributed by atoms with Crippen molar-refractivity contribution in [3.05, 3.63) is 160 Å². The molecule has 0 unspecified atom stereocenters. The molecule has 1 aliphatic heterocycles. The first kappa shape index (κ1) is 37.0. The third-order valence-corrected chi connectivity index (χ3v) is 7.81. The van der Waals surface area contributed by atoms with E-state index >= 15 is 0 Å². The van der Waals surface area contributed by atoms with Gasteiger partial charge in [-0.15, -0.1) is 0 Å². The van der Waals surface area contributed by atoms with Gasteiger partial charge in [-0.3, -0.25) is 9.97 Å². The SMILES string of the molecule is Cc1cc(C)c(N2CCN(c3c(C)cc(C)cc3C)C2/C(Cl)=C\c2ccccc2)c(C)c1.[Cl][Ru].c1ccncc1.c1ccncc1. The van der Waals surface area contributed by atoms with Crippen LogP contribution in [0.5, 0.6) is 0 Å². The standard InChI is InChI=1S/C29H33ClN2.2C5H5N.ClH.Ru/c1-19-14-21(3)27(22(4)15-19)31-12-13-32(28-23(5)16-20(2)17-24(28)6)29(31)26(30)18-25-10-8-7-9-11-25;2*1-2-4-6-5-3-1;;/h7-11,14-18,29H,12-13H2,1-6H3;2*1-5H;1H;/q;;;;+1/p-1/b26-18+;;;;. The minimum absolute atomic E-state index is 0.0444. The van der Waals surface area contributed by atoms with Gasteiger partial charge in [-0.2, -0.15) is 0 Å². The Kier molecular flexibility index (Phi) is 15.5. The molecule has 1 saturated heterocycles. The molecule has 1 fully saturated rings. The van der Waals surface area contributed by atoms with Crippen molar-refractivity contribution < 1.29 is 17.3 Å². The number of rotatable bonds is 4. The summed E-state index contributed by atoms with van der Waals surface area (Å²) in [6, 6.07) is 30.9. The minimum atomic E-state index is -0.0444. The van der Waals surface area contributed by atoms with E-state index in [4.69, 9.17) is 11.6 Å². The van der Waals surface area contributed by atoms with Crippen molar-refractivity contribution >= 4 is 38.7 Å². The molecular formula is C39H43Cl2N4Ru. The zero-order chi connectivity index (χ0) is 33.5. The van der Waals surface area contributed by atoms with E-state index in [-0.39, 0.29) is 6.17 Å². The van der Waals surface area contributed by atoms with E-state index in [2.05, 4.69) is 126 Å². The summed E-state index contributed by atoms with van der Waals surface area (Å²) in [5, 5.41) is 0.840. The fourth-order valence-corrected chi connectivity index (χ4v) is 6.41. The first-order chi connectivity index (χ1) is 22.3. The molecule has 0 saturated carbocycles. The normalized spacial score (nSPS) is 12.7. The molecule has 3 heterocycles. The second-order valence-electron chi connectivity index (χ2n) is 11.2. The van der Waals surface area contributed by atoms with Crippen LogP contribution in [0.3, 0.4) is 0 Å². The smallest absolute Gasteiger partial charge is 0.0267 e. The van der Waals surface area contributed by atoms with Gasteiger partial charge in [-0.1, -0.05) is 89.5 Å². The Labute approximate surface area is 294 Å². The molecule has 2 aromatic heterocycles. The third-order valence-electron chi connectivity index (χ3n) is 7.50. The second-order valence-corrected chi connectivity index (χ2v) is 11.7. The Morgan fingerprint density at radius 3 is 1.26 bits per heavy atom. The van der Waals surface area contributed by atoms with Gasteiger partial charge in [-0.25, -0.2) is 0 Å². The number of pyridine rings is 2. The predicted octanol–water partition coefficient (Wildman–Crippen LogP) is 10.3. The van der Waals surface area contributed by atoms with Crippen molar-refractivity contribution in [2.45, 2.75) is 47.7 Å². The van der Waals surface area contributed by atoms with E-state index in [9.17, 15) is 0 Å². The summed E-state index contributed by atoms with van der Waals surface area (Å²) in [4.78, 5) is 12.6. The fourth-order valence-electron chi connectivity index (χ4n) is 6.05. The number of aryl methyl sites for hydroxylation is 6. The van der Waals surface area contributed by atoms with Crippen LogP contribution in [0.15, 0.2) is 121 Å². The molecule has 46 heavy (non-hydrogen) atoms. The van der Waals surface area contributed by atoms with Crippen LogP contribution < -0.4 is 9.80 Å². The largest absolute Gasteiger partial charge is 0.265 e. The van der Waals surface area contributed by atoms with Gasteiger partial charge < -0.3 is 9.80 Å². The number of hydrogen-bond acceptors (Lipinski definition) is 4. The van der Waals surface area contributed by atoms with E-state index in [0.29, 0.717) is 0 Å². The maximum Gasteiger partial charge on any atom is 0.0267 e. The Balaban J connectivity index is 0.000000339. The number of nitrogens with zero attached hydrogens (tertiary/aromatic N) is 4. The Morgan fingerprint density at radius 2 is 0.957 bits per heavy atom. The molecule has 0 radical (unpaired) electrons. The molecule has 0 spiro atoms. The summed E-state index contributed by atoms with van der Waals surface area (Å²) in [7, 11) is 4.57. The molecule has 7 heteroatoms. The maximum absolute atomic E-state index is 7.16. The maximum atomic E-state index is 7.16. The van der Waals surface area contributed by atoms with E-state index in [1.54, 1.807) is 24.8 Å². The van der Waals surface area contributed by atoms with Crippen molar-refractivity contribution in [2.24, 2.45) is 0 Å². The zero-order valence-electron chi connectivity index (χ0n) is 27.4. The molecule has 0 amide bonds. The summed E-state index contributed by atoms with van der Waals surface area (Å²) < 4.78 is 0.